The summed E-state index contributed by atoms with van der Waals surface area (Å²) in [5, 5.41) is 2.29. The van der Waals surface area contributed by atoms with Gasteiger partial charge in [0.15, 0.2) is 18.7 Å². The van der Waals surface area contributed by atoms with E-state index in [1.807, 2.05) is 0 Å². The Morgan fingerprint density at radius 1 is 0.907 bits per heavy atom. The summed E-state index contributed by atoms with van der Waals surface area (Å²) >= 11 is 0. The topological polar surface area (TPSA) is 81.6 Å². The molecule has 1 N–H and O–H groups in total. The number of nitrogens with one attached hydrogen (secondary N) is 1. The average molecular weight is 627 g/mol. The Balaban J connectivity index is 1.89. The lowest BCUT2D eigenvalue weighted by Crippen LogP contribution is -2.49. The molecule has 1 atom stereocenters. The lowest BCUT2D eigenvalue weighted by molar-refractivity contribution is -0.274. The van der Waals surface area contributed by atoms with Crippen LogP contribution in [-0.4, -0.2) is 61.7 Å². The van der Waals surface area contributed by atoms with Crippen molar-refractivity contribution in [3.05, 3.63) is 84.3 Å². The molecule has 0 saturated carbocycles. The van der Waals surface area contributed by atoms with Crippen molar-refractivity contribution in [2.75, 3.05) is 19.9 Å². The second-order valence-electron chi connectivity index (χ2n) is 8.58. The van der Waals surface area contributed by atoms with Crippen LogP contribution in [0.4, 0.5) is 39.5 Å². The van der Waals surface area contributed by atoms with Gasteiger partial charge >= 0.3 is 18.7 Å². The van der Waals surface area contributed by atoms with Crippen LogP contribution >= 0.6 is 0 Å². The van der Waals surface area contributed by atoms with E-state index in [0.717, 1.165) is 24.3 Å². The molecule has 1 heterocycles. The molecule has 1 aliphatic rings. The number of rotatable bonds is 11. The highest BCUT2D eigenvalue weighted by atomic mass is 19.4. The maximum Gasteiger partial charge on any atom is 0.573 e. The highest BCUT2D eigenvalue weighted by molar-refractivity contribution is 6.23. The van der Waals surface area contributed by atoms with E-state index in [4.69, 9.17) is 4.74 Å². The van der Waals surface area contributed by atoms with Crippen LogP contribution in [0.5, 0.6) is 5.75 Å². The summed E-state index contributed by atoms with van der Waals surface area (Å²) in [6.45, 7) is -0.812. The van der Waals surface area contributed by atoms with Gasteiger partial charge in [0, 0.05) is 11.6 Å². The van der Waals surface area contributed by atoms with Gasteiger partial charge in [-0.25, -0.2) is 4.99 Å². The highest BCUT2D eigenvalue weighted by Crippen LogP contribution is 2.26. The van der Waals surface area contributed by atoms with Gasteiger partial charge in [-0.2, -0.15) is 26.3 Å². The largest absolute Gasteiger partial charge is 0.573 e. The molecule has 2 aromatic carbocycles. The third-order valence-corrected chi connectivity index (χ3v) is 5.11. The molecule has 0 aliphatic carbocycles. The van der Waals surface area contributed by atoms with Crippen molar-refractivity contribution >= 4 is 17.4 Å². The summed E-state index contributed by atoms with van der Waals surface area (Å²) in [4.78, 5) is 18.0. The number of alkyl halides is 9. The second kappa shape index (κ2) is 13.8. The predicted octanol–water partition coefficient (Wildman–Crippen LogP) is 5.89. The van der Waals surface area contributed by atoms with Gasteiger partial charge in [-0.05, 0) is 23.3 Å². The smallest absolute Gasteiger partial charge is 0.469 e. The van der Waals surface area contributed by atoms with Crippen LogP contribution in [0.25, 0.3) is 5.57 Å². The number of hydrogen-bond donors (Lipinski definition) is 1. The number of halogens is 9. The third kappa shape index (κ3) is 11.5. The van der Waals surface area contributed by atoms with Gasteiger partial charge in [-0.15, -0.1) is 13.2 Å². The van der Waals surface area contributed by atoms with Crippen molar-refractivity contribution in [1.29, 1.82) is 0 Å². The van der Waals surface area contributed by atoms with Gasteiger partial charge in [0.1, 0.15) is 19.1 Å². The molecular weight excluding hydrogens is 605 g/mol. The van der Waals surface area contributed by atoms with E-state index in [2.05, 4.69) is 31.1 Å². The fourth-order valence-corrected chi connectivity index (χ4v) is 3.31. The number of amides is 1. The van der Waals surface area contributed by atoms with Crippen molar-refractivity contribution in [2.45, 2.75) is 31.5 Å². The normalized spacial score (nSPS) is 15.6. The SMILES string of the molecule is C=C(C(=O)N(COCc1ccccc1)C1=NC(OCC(F)(F)F)C=C(OCC(F)(F)F)N1)c1ccc(OC(F)(F)F)cc1. The molecule has 0 spiro atoms. The first-order valence-corrected chi connectivity index (χ1v) is 11.9. The summed E-state index contributed by atoms with van der Waals surface area (Å²) in [6, 6.07) is 12.4. The van der Waals surface area contributed by atoms with Crippen molar-refractivity contribution in [3.8, 4) is 5.75 Å². The molecule has 0 bridgehead atoms. The van der Waals surface area contributed by atoms with Crippen LogP contribution in [0.3, 0.4) is 0 Å². The first kappa shape index (κ1) is 33.3. The fraction of sp³-hybridized carbons (Fsp3) is 0.308. The number of benzene rings is 2. The number of guanidine groups is 1. The number of carbonyl (C=O) groups is 1. The quantitative estimate of drug-likeness (QED) is 0.190. The number of aliphatic imine (C=N–C) groups is 1. The molecule has 234 valence electrons. The van der Waals surface area contributed by atoms with Crippen molar-refractivity contribution in [3.63, 3.8) is 0 Å². The van der Waals surface area contributed by atoms with Gasteiger partial charge in [-0.3, -0.25) is 15.0 Å². The first-order valence-electron chi connectivity index (χ1n) is 11.9. The summed E-state index contributed by atoms with van der Waals surface area (Å²) in [5.41, 5.74) is 0.289. The minimum Gasteiger partial charge on any atom is -0.469 e. The molecule has 1 aliphatic heterocycles. The van der Waals surface area contributed by atoms with Gasteiger partial charge in [0.25, 0.3) is 5.91 Å². The average Bonchev–Trinajstić information content (AvgIpc) is 2.92. The molecule has 3 rings (SSSR count). The Labute approximate surface area is 238 Å². The molecule has 8 nitrogen and oxygen atoms in total. The summed E-state index contributed by atoms with van der Waals surface area (Å²) < 4.78 is 133. The standard InChI is InChI=1S/C26H22F9N3O5/c1-16(18-7-9-19(10-8-18)43-26(33,34)35)22(39)38(15-40-12-17-5-3-2-4-6-17)23-36-20(41-13-24(27,28)29)11-21(37-23)42-14-25(30,31)32/h2-11,20H,1,12-15H2,(H,36,37). The molecule has 1 unspecified atom stereocenters. The highest BCUT2D eigenvalue weighted by Gasteiger charge is 2.34. The minimum atomic E-state index is -4.98. The van der Waals surface area contributed by atoms with Gasteiger partial charge in [-0.1, -0.05) is 49.0 Å². The van der Waals surface area contributed by atoms with Crippen molar-refractivity contribution in [1.82, 2.24) is 10.2 Å². The lowest BCUT2D eigenvalue weighted by atomic mass is 10.1. The van der Waals surface area contributed by atoms with Crippen molar-refractivity contribution < 1.29 is 63.3 Å². The zero-order valence-electron chi connectivity index (χ0n) is 21.7. The zero-order chi connectivity index (χ0) is 31.8. The number of hydrogen-bond acceptors (Lipinski definition) is 7. The number of carbonyl (C=O) groups excluding carboxylic acids is 1. The van der Waals surface area contributed by atoms with Gasteiger partial charge in [0.05, 0.1) is 6.61 Å². The molecular formula is C26H22F9N3O5. The molecule has 0 radical (unpaired) electrons. The maximum absolute atomic E-state index is 13.5. The van der Waals surface area contributed by atoms with Crippen LogP contribution in [0, 0.1) is 0 Å². The first-order chi connectivity index (χ1) is 20.0. The van der Waals surface area contributed by atoms with Gasteiger partial charge in [0.2, 0.25) is 5.96 Å². The van der Waals surface area contributed by atoms with E-state index in [-0.39, 0.29) is 17.7 Å². The zero-order valence-corrected chi connectivity index (χ0v) is 21.7. The Kier molecular flexibility index (Phi) is 10.7. The van der Waals surface area contributed by atoms with Crippen LogP contribution < -0.4 is 10.1 Å². The van der Waals surface area contributed by atoms with Crippen LogP contribution in [-0.2, 0) is 25.6 Å². The van der Waals surface area contributed by atoms with E-state index < -0.39 is 68.4 Å². The summed E-state index contributed by atoms with van der Waals surface area (Å²) in [6.07, 6.45) is -15.8. The fourth-order valence-electron chi connectivity index (χ4n) is 3.31. The lowest BCUT2D eigenvalue weighted by Gasteiger charge is -2.30. The van der Waals surface area contributed by atoms with E-state index in [9.17, 15) is 44.3 Å². The molecule has 0 saturated heterocycles. The maximum atomic E-state index is 13.5. The Morgan fingerprint density at radius 3 is 2.12 bits per heavy atom. The molecule has 43 heavy (non-hydrogen) atoms. The summed E-state index contributed by atoms with van der Waals surface area (Å²) in [5.74, 6) is -2.98. The third-order valence-electron chi connectivity index (χ3n) is 5.11. The summed E-state index contributed by atoms with van der Waals surface area (Å²) in [7, 11) is 0. The van der Waals surface area contributed by atoms with Crippen molar-refractivity contribution in [2.24, 2.45) is 4.99 Å². The van der Waals surface area contributed by atoms with E-state index in [1.165, 1.54) is 0 Å². The van der Waals surface area contributed by atoms with Crippen LogP contribution in [0.15, 0.2) is 78.1 Å². The molecule has 0 aromatic heterocycles. The molecule has 0 fully saturated rings. The van der Waals surface area contributed by atoms with E-state index in [0.29, 0.717) is 16.5 Å². The number of nitrogens with zero attached hydrogens (tertiary/aromatic N) is 2. The van der Waals surface area contributed by atoms with Crippen LogP contribution in [0.2, 0.25) is 0 Å². The molecule has 17 heteroatoms. The molecule has 1 amide bonds. The number of ether oxygens (including phenoxy) is 4. The molecule has 2 aromatic rings. The van der Waals surface area contributed by atoms with Gasteiger partial charge < -0.3 is 18.9 Å². The Bertz CT molecular complexity index is 1310. The Morgan fingerprint density at radius 2 is 1.53 bits per heavy atom. The Hall–Kier alpha value is -4.25. The second-order valence-corrected chi connectivity index (χ2v) is 8.58. The van der Waals surface area contributed by atoms with E-state index >= 15 is 0 Å². The van der Waals surface area contributed by atoms with Crippen LogP contribution in [0.1, 0.15) is 11.1 Å². The predicted molar refractivity (Wildman–Crippen MR) is 132 cm³/mol. The van der Waals surface area contributed by atoms with E-state index in [1.54, 1.807) is 30.3 Å². The minimum absolute atomic E-state index is 0.00190. The monoisotopic (exact) mass is 627 g/mol.